The average Bonchev–Trinajstić information content (AvgIpc) is 2.75. The Morgan fingerprint density at radius 1 is 0.833 bits per heavy atom. The van der Waals surface area contributed by atoms with Gasteiger partial charge in [0.05, 0.1) is 32.8 Å². The highest BCUT2D eigenvalue weighted by molar-refractivity contribution is 5.81. The van der Waals surface area contributed by atoms with E-state index in [0.29, 0.717) is 12.2 Å². The summed E-state index contributed by atoms with van der Waals surface area (Å²) in [6.45, 7) is 14.8. The molecule has 1 heterocycles. The predicted molar refractivity (Wildman–Crippen MR) is 126 cm³/mol. The van der Waals surface area contributed by atoms with E-state index < -0.39 is 0 Å². The van der Waals surface area contributed by atoms with E-state index in [0.717, 1.165) is 23.1 Å². The number of aryl methyl sites for hydroxylation is 1. The molecular formula is C26H42NO3+. The molecule has 1 aromatic carbocycles. The summed E-state index contributed by atoms with van der Waals surface area (Å²) in [6, 6.07) is 7.27. The standard InChI is InChI=1S/C26H42NO3/c1-5-27(6-2,7-3)18-14-12-10-8-9-11-13-15-19-29-23-16-17-24-22(4)20-26(28)30-25(24)21-23/h16-17,20-21H,5-15,18-19H2,1-4H3/q+1. The molecule has 0 amide bonds. The molecule has 0 aliphatic heterocycles. The molecule has 0 spiro atoms. The smallest absolute Gasteiger partial charge is 0.336 e. The van der Waals surface area contributed by atoms with E-state index >= 15 is 0 Å². The first-order valence-corrected chi connectivity index (χ1v) is 12.1. The number of nitrogens with zero attached hydrogens (tertiary/aromatic N) is 1. The van der Waals surface area contributed by atoms with Crippen molar-refractivity contribution in [1.82, 2.24) is 0 Å². The fraction of sp³-hybridized carbons (Fsp3) is 0.654. The van der Waals surface area contributed by atoms with Crippen LogP contribution in [0.3, 0.4) is 0 Å². The summed E-state index contributed by atoms with van der Waals surface area (Å²) in [5, 5.41) is 0.964. The highest BCUT2D eigenvalue weighted by Gasteiger charge is 2.19. The largest absolute Gasteiger partial charge is 0.493 e. The summed E-state index contributed by atoms with van der Waals surface area (Å²) in [4.78, 5) is 11.5. The molecule has 2 aromatic rings. The zero-order chi connectivity index (χ0) is 21.8. The number of unbranched alkanes of at least 4 members (excludes halogenated alkanes) is 7. The maximum atomic E-state index is 11.5. The zero-order valence-electron chi connectivity index (χ0n) is 19.7. The molecule has 2 rings (SSSR count). The maximum Gasteiger partial charge on any atom is 0.336 e. The van der Waals surface area contributed by atoms with Crippen LogP contribution in [0.2, 0.25) is 0 Å². The van der Waals surface area contributed by atoms with Gasteiger partial charge in [-0.05, 0) is 64.7 Å². The van der Waals surface area contributed by atoms with Gasteiger partial charge >= 0.3 is 5.63 Å². The van der Waals surface area contributed by atoms with Gasteiger partial charge in [-0.25, -0.2) is 4.79 Å². The lowest BCUT2D eigenvalue weighted by molar-refractivity contribution is -0.923. The number of rotatable bonds is 15. The lowest BCUT2D eigenvalue weighted by Gasteiger charge is -2.35. The molecular weight excluding hydrogens is 374 g/mol. The Kier molecular flexibility index (Phi) is 10.4. The van der Waals surface area contributed by atoms with E-state index in [9.17, 15) is 4.79 Å². The molecule has 0 saturated heterocycles. The Morgan fingerprint density at radius 3 is 2.07 bits per heavy atom. The monoisotopic (exact) mass is 416 g/mol. The van der Waals surface area contributed by atoms with Crippen LogP contribution in [0.1, 0.15) is 77.7 Å². The summed E-state index contributed by atoms with van der Waals surface area (Å²) in [5.74, 6) is 0.775. The van der Waals surface area contributed by atoms with Gasteiger partial charge in [0.2, 0.25) is 0 Å². The van der Waals surface area contributed by atoms with Gasteiger partial charge in [-0.2, -0.15) is 0 Å². The van der Waals surface area contributed by atoms with Crippen molar-refractivity contribution in [2.75, 3.05) is 32.8 Å². The summed E-state index contributed by atoms with van der Waals surface area (Å²) in [6.07, 6.45) is 10.4. The fourth-order valence-electron chi connectivity index (χ4n) is 4.34. The molecule has 0 aliphatic rings. The van der Waals surface area contributed by atoms with Gasteiger partial charge in [0.1, 0.15) is 11.3 Å². The van der Waals surface area contributed by atoms with Crippen LogP contribution in [-0.2, 0) is 0 Å². The van der Waals surface area contributed by atoms with Crippen molar-refractivity contribution in [3.05, 3.63) is 40.2 Å². The van der Waals surface area contributed by atoms with Crippen molar-refractivity contribution in [2.24, 2.45) is 0 Å². The van der Waals surface area contributed by atoms with Crippen molar-refractivity contribution < 1.29 is 13.6 Å². The molecule has 0 bridgehead atoms. The molecule has 168 valence electrons. The van der Waals surface area contributed by atoms with Gasteiger partial charge in [0.25, 0.3) is 0 Å². The minimum atomic E-state index is -0.309. The van der Waals surface area contributed by atoms with Gasteiger partial charge in [0.15, 0.2) is 0 Å². The van der Waals surface area contributed by atoms with E-state index in [1.54, 1.807) is 0 Å². The molecule has 0 saturated carbocycles. The van der Waals surface area contributed by atoms with E-state index in [4.69, 9.17) is 9.15 Å². The molecule has 1 aromatic heterocycles. The van der Waals surface area contributed by atoms with Gasteiger partial charge in [-0.1, -0.05) is 32.1 Å². The number of hydrogen-bond acceptors (Lipinski definition) is 3. The topological polar surface area (TPSA) is 39.4 Å². The Hall–Kier alpha value is -1.81. The highest BCUT2D eigenvalue weighted by atomic mass is 16.5. The van der Waals surface area contributed by atoms with Crippen LogP contribution in [0.5, 0.6) is 5.75 Å². The summed E-state index contributed by atoms with van der Waals surface area (Å²) in [5.41, 5.74) is 1.23. The Morgan fingerprint density at radius 2 is 1.43 bits per heavy atom. The molecule has 0 fully saturated rings. The second-order valence-electron chi connectivity index (χ2n) is 8.60. The first-order valence-electron chi connectivity index (χ1n) is 12.1. The van der Waals surface area contributed by atoms with Crippen LogP contribution in [-0.4, -0.2) is 37.3 Å². The van der Waals surface area contributed by atoms with E-state index in [-0.39, 0.29) is 5.63 Å². The normalized spacial score (nSPS) is 11.9. The summed E-state index contributed by atoms with van der Waals surface area (Å²) in [7, 11) is 0. The van der Waals surface area contributed by atoms with Crippen molar-refractivity contribution >= 4 is 11.0 Å². The van der Waals surface area contributed by atoms with E-state index in [2.05, 4.69) is 20.8 Å². The van der Waals surface area contributed by atoms with Crippen LogP contribution in [0, 0.1) is 6.92 Å². The van der Waals surface area contributed by atoms with Crippen LogP contribution in [0.4, 0.5) is 0 Å². The minimum Gasteiger partial charge on any atom is -0.493 e. The number of ether oxygens (including phenoxy) is 1. The van der Waals surface area contributed by atoms with Gasteiger partial charge in [-0.3, -0.25) is 0 Å². The van der Waals surface area contributed by atoms with Gasteiger partial charge in [0, 0.05) is 17.5 Å². The predicted octanol–water partition coefficient (Wildman–Crippen LogP) is 6.48. The van der Waals surface area contributed by atoms with Crippen molar-refractivity contribution in [1.29, 1.82) is 0 Å². The van der Waals surface area contributed by atoms with Crippen molar-refractivity contribution in [3.63, 3.8) is 0 Å². The third kappa shape index (κ3) is 7.46. The third-order valence-corrected chi connectivity index (χ3v) is 6.73. The van der Waals surface area contributed by atoms with Gasteiger partial charge in [-0.15, -0.1) is 0 Å². The lowest BCUT2D eigenvalue weighted by Crippen LogP contribution is -2.48. The lowest BCUT2D eigenvalue weighted by atomic mass is 10.1. The number of hydrogen-bond donors (Lipinski definition) is 0. The van der Waals surface area contributed by atoms with Crippen LogP contribution < -0.4 is 10.4 Å². The zero-order valence-corrected chi connectivity index (χ0v) is 19.7. The third-order valence-electron chi connectivity index (χ3n) is 6.73. The minimum absolute atomic E-state index is 0.309. The molecule has 0 aliphatic carbocycles. The molecule has 0 unspecified atom stereocenters. The average molecular weight is 417 g/mol. The van der Waals surface area contributed by atoms with Crippen LogP contribution in [0.15, 0.2) is 33.5 Å². The van der Waals surface area contributed by atoms with Crippen LogP contribution >= 0.6 is 0 Å². The highest BCUT2D eigenvalue weighted by Crippen LogP contribution is 2.22. The molecule has 0 N–H and O–H groups in total. The Bertz CT molecular complexity index is 799. The quantitative estimate of drug-likeness (QED) is 0.189. The molecule has 4 heteroatoms. The summed E-state index contributed by atoms with van der Waals surface area (Å²) >= 11 is 0. The second kappa shape index (κ2) is 12.8. The molecule has 4 nitrogen and oxygen atoms in total. The first-order chi connectivity index (χ1) is 14.5. The molecule has 0 radical (unpaired) electrons. The number of fused-ring (bicyclic) bond motifs is 1. The summed E-state index contributed by atoms with van der Waals surface area (Å²) < 4.78 is 12.4. The maximum absolute atomic E-state index is 11.5. The van der Waals surface area contributed by atoms with Gasteiger partial charge < -0.3 is 13.6 Å². The van der Waals surface area contributed by atoms with Crippen molar-refractivity contribution in [2.45, 2.75) is 79.1 Å². The first kappa shape index (κ1) is 24.5. The fourth-order valence-corrected chi connectivity index (χ4v) is 4.34. The Balaban J connectivity index is 1.53. The second-order valence-corrected chi connectivity index (χ2v) is 8.60. The molecule has 0 atom stereocenters. The number of benzene rings is 1. The van der Waals surface area contributed by atoms with E-state index in [1.807, 2.05) is 25.1 Å². The Labute approximate surface area is 182 Å². The van der Waals surface area contributed by atoms with Crippen molar-refractivity contribution in [3.8, 4) is 5.75 Å². The number of quaternary nitrogens is 1. The molecule has 30 heavy (non-hydrogen) atoms. The SMILES string of the molecule is CC[N+](CC)(CC)CCCCCCCCCCOc1ccc2c(C)cc(=O)oc2c1. The van der Waals surface area contributed by atoms with E-state index in [1.165, 1.54) is 81.7 Å². The van der Waals surface area contributed by atoms with Crippen LogP contribution in [0.25, 0.3) is 11.0 Å².